The molecule has 2 N–H and O–H groups in total. The number of piperidine rings is 1. The van der Waals surface area contributed by atoms with Gasteiger partial charge in [-0.25, -0.2) is 9.59 Å². The van der Waals surface area contributed by atoms with Gasteiger partial charge in [-0.1, -0.05) is 30.3 Å². The van der Waals surface area contributed by atoms with E-state index in [1.165, 1.54) is 0 Å². The van der Waals surface area contributed by atoms with E-state index in [1.54, 1.807) is 11.8 Å². The van der Waals surface area contributed by atoms with Crippen LogP contribution in [-0.4, -0.2) is 52.5 Å². The maximum atomic E-state index is 12.1. The number of benzene rings is 1. The van der Waals surface area contributed by atoms with Gasteiger partial charge in [0.1, 0.15) is 12.2 Å². The third kappa shape index (κ3) is 6.43. The SMILES string of the molecule is CC(NC(=O)OCc1ccccc1)C1(O)CCN(C(=O)OC(C)(C)C)CC1. The molecule has 1 fully saturated rings. The van der Waals surface area contributed by atoms with Crippen molar-refractivity contribution in [1.29, 1.82) is 0 Å². The molecule has 1 heterocycles. The Labute approximate surface area is 160 Å². The lowest BCUT2D eigenvalue weighted by molar-refractivity contribution is -0.0504. The van der Waals surface area contributed by atoms with Crippen molar-refractivity contribution < 1.29 is 24.2 Å². The van der Waals surface area contributed by atoms with Crippen molar-refractivity contribution in [1.82, 2.24) is 10.2 Å². The van der Waals surface area contributed by atoms with Crippen molar-refractivity contribution in [2.24, 2.45) is 0 Å². The number of nitrogens with one attached hydrogen (secondary N) is 1. The van der Waals surface area contributed by atoms with E-state index in [-0.39, 0.29) is 12.7 Å². The molecule has 0 saturated carbocycles. The van der Waals surface area contributed by atoms with Gasteiger partial charge in [0.25, 0.3) is 0 Å². The topological polar surface area (TPSA) is 88.1 Å². The summed E-state index contributed by atoms with van der Waals surface area (Å²) in [6.45, 7) is 8.11. The van der Waals surface area contributed by atoms with E-state index in [4.69, 9.17) is 9.47 Å². The molecule has 1 atom stereocenters. The number of amides is 2. The van der Waals surface area contributed by atoms with Gasteiger partial charge in [-0.15, -0.1) is 0 Å². The Bertz CT molecular complexity index is 634. The zero-order valence-corrected chi connectivity index (χ0v) is 16.5. The standard InChI is InChI=1S/C20H30N2O5/c1-15(21-17(23)26-14-16-8-6-5-7-9-16)20(25)10-12-22(13-11-20)18(24)27-19(2,3)4/h5-9,15,25H,10-14H2,1-4H3,(H,21,23). The summed E-state index contributed by atoms with van der Waals surface area (Å²) >= 11 is 0. The minimum Gasteiger partial charge on any atom is -0.445 e. The molecule has 7 nitrogen and oxygen atoms in total. The van der Waals surface area contributed by atoms with Crippen molar-refractivity contribution in [3.8, 4) is 0 Å². The second-order valence-electron chi connectivity index (χ2n) is 8.00. The Morgan fingerprint density at radius 1 is 1.22 bits per heavy atom. The maximum absolute atomic E-state index is 12.1. The Morgan fingerprint density at radius 3 is 2.37 bits per heavy atom. The molecule has 0 aliphatic carbocycles. The fourth-order valence-corrected chi connectivity index (χ4v) is 2.91. The molecule has 27 heavy (non-hydrogen) atoms. The van der Waals surface area contributed by atoms with E-state index < -0.39 is 23.3 Å². The van der Waals surface area contributed by atoms with Gasteiger partial charge >= 0.3 is 12.2 Å². The molecule has 1 saturated heterocycles. The molecular formula is C20H30N2O5. The zero-order valence-electron chi connectivity index (χ0n) is 16.5. The van der Waals surface area contributed by atoms with Crippen molar-refractivity contribution >= 4 is 12.2 Å². The van der Waals surface area contributed by atoms with Crippen LogP contribution >= 0.6 is 0 Å². The third-order valence-electron chi connectivity index (χ3n) is 4.63. The van der Waals surface area contributed by atoms with Gasteiger partial charge in [-0.3, -0.25) is 0 Å². The van der Waals surface area contributed by atoms with Crippen LogP contribution in [0.4, 0.5) is 9.59 Å². The average molecular weight is 378 g/mol. The number of likely N-dealkylation sites (tertiary alicyclic amines) is 1. The van der Waals surface area contributed by atoms with Crippen LogP contribution in [0, 0.1) is 0 Å². The Kier molecular flexibility index (Phi) is 6.70. The second kappa shape index (κ2) is 8.61. The van der Waals surface area contributed by atoms with Crippen molar-refractivity contribution in [2.45, 2.75) is 64.4 Å². The molecule has 0 radical (unpaired) electrons. The van der Waals surface area contributed by atoms with E-state index in [0.29, 0.717) is 25.9 Å². The average Bonchev–Trinajstić information content (AvgIpc) is 2.60. The van der Waals surface area contributed by atoms with Crippen LogP contribution in [0.5, 0.6) is 0 Å². The van der Waals surface area contributed by atoms with Crippen LogP contribution in [0.15, 0.2) is 30.3 Å². The lowest BCUT2D eigenvalue weighted by Gasteiger charge is -2.41. The lowest BCUT2D eigenvalue weighted by atomic mass is 9.85. The fraction of sp³-hybridized carbons (Fsp3) is 0.600. The molecule has 1 aromatic rings. The smallest absolute Gasteiger partial charge is 0.410 e. The summed E-state index contributed by atoms with van der Waals surface area (Å²) < 4.78 is 10.6. The highest BCUT2D eigenvalue weighted by molar-refractivity contribution is 5.69. The van der Waals surface area contributed by atoms with Crippen LogP contribution in [0.1, 0.15) is 46.1 Å². The van der Waals surface area contributed by atoms with E-state index in [9.17, 15) is 14.7 Å². The Morgan fingerprint density at radius 2 is 1.81 bits per heavy atom. The van der Waals surface area contributed by atoms with Crippen LogP contribution < -0.4 is 5.32 Å². The third-order valence-corrected chi connectivity index (χ3v) is 4.63. The van der Waals surface area contributed by atoms with Gasteiger partial charge in [0, 0.05) is 13.1 Å². The summed E-state index contributed by atoms with van der Waals surface area (Å²) in [4.78, 5) is 25.7. The monoisotopic (exact) mass is 378 g/mol. The quantitative estimate of drug-likeness (QED) is 0.841. The van der Waals surface area contributed by atoms with Crippen LogP contribution in [0.3, 0.4) is 0 Å². The van der Waals surface area contributed by atoms with E-state index in [2.05, 4.69) is 5.32 Å². The number of carbonyl (C=O) groups excluding carboxylic acids is 2. The Hall–Kier alpha value is -2.28. The molecule has 7 heteroatoms. The number of aliphatic hydroxyl groups is 1. The first-order valence-corrected chi connectivity index (χ1v) is 9.27. The highest BCUT2D eigenvalue weighted by atomic mass is 16.6. The predicted octanol–water partition coefficient (Wildman–Crippen LogP) is 3.06. The van der Waals surface area contributed by atoms with Crippen LogP contribution in [0.2, 0.25) is 0 Å². The zero-order chi connectivity index (χ0) is 20.1. The largest absolute Gasteiger partial charge is 0.445 e. The first-order valence-electron chi connectivity index (χ1n) is 9.27. The molecule has 1 unspecified atom stereocenters. The number of ether oxygens (including phenoxy) is 2. The minimum absolute atomic E-state index is 0.171. The van der Waals surface area contributed by atoms with Crippen molar-refractivity contribution in [2.75, 3.05) is 13.1 Å². The number of nitrogens with zero attached hydrogens (tertiary/aromatic N) is 1. The molecule has 0 spiro atoms. The molecule has 150 valence electrons. The number of hydrogen-bond donors (Lipinski definition) is 2. The summed E-state index contributed by atoms with van der Waals surface area (Å²) in [5, 5.41) is 13.6. The summed E-state index contributed by atoms with van der Waals surface area (Å²) in [5.41, 5.74) is -0.753. The van der Waals surface area contributed by atoms with Gasteiger partial charge < -0.3 is 24.8 Å². The normalized spacial score (nSPS) is 17.7. The second-order valence-corrected chi connectivity index (χ2v) is 8.00. The van der Waals surface area contributed by atoms with Crippen LogP contribution in [-0.2, 0) is 16.1 Å². The van der Waals surface area contributed by atoms with E-state index in [1.807, 2.05) is 51.1 Å². The molecule has 0 bridgehead atoms. The minimum atomic E-state index is -1.09. The first-order chi connectivity index (χ1) is 12.6. The number of alkyl carbamates (subject to hydrolysis) is 1. The molecule has 1 aliphatic rings. The summed E-state index contributed by atoms with van der Waals surface area (Å²) in [6.07, 6.45) is -0.250. The van der Waals surface area contributed by atoms with Gasteiger partial charge in [-0.05, 0) is 46.1 Å². The lowest BCUT2D eigenvalue weighted by Crippen LogP contribution is -2.57. The number of rotatable bonds is 4. The van der Waals surface area contributed by atoms with Gasteiger partial charge in [-0.2, -0.15) is 0 Å². The predicted molar refractivity (Wildman–Crippen MR) is 101 cm³/mol. The molecular weight excluding hydrogens is 348 g/mol. The van der Waals surface area contributed by atoms with Gasteiger partial charge in [0.05, 0.1) is 11.6 Å². The van der Waals surface area contributed by atoms with E-state index in [0.717, 1.165) is 5.56 Å². The fourth-order valence-electron chi connectivity index (χ4n) is 2.91. The molecule has 1 aromatic carbocycles. The summed E-state index contributed by atoms with van der Waals surface area (Å²) in [5.74, 6) is 0. The van der Waals surface area contributed by atoms with Crippen molar-refractivity contribution in [3.63, 3.8) is 0 Å². The highest BCUT2D eigenvalue weighted by Crippen LogP contribution is 2.27. The van der Waals surface area contributed by atoms with Crippen molar-refractivity contribution in [3.05, 3.63) is 35.9 Å². The summed E-state index contributed by atoms with van der Waals surface area (Å²) in [6, 6.07) is 8.89. The molecule has 0 aromatic heterocycles. The first kappa shape index (κ1) is 21.0. The number of carbonyl (C=O) groups is 2. The molecule has 1 aliphatic heterocycles. The summed E-state index contributed by atoms with van der Waals surface area (Å²) in [7, 11) is 0. The highest BCUT2D eigenvalue weighted by Gasteiger charge is 2.40. The Balaban J connectivity index is 1.80. The maximum Gasteiger partial charge on any atom is 0.410 e. The molecule has 2 amide bonds. The van der Waals surface area contributed by atoms with Gasteiger partial charge in [0.2, 0.25) is 0 Å². The number of hydrogen-bond acceptors (Lipinski definition) is 5. The van der Waals surface area contributed by atoms with E-state index >= 15 is 0 Å². The molecule has 2 rings (SSSR count). The van der Waals surface area contributed by atoms with Gasteiger partial charge in [0.15, 0.2) is 0 Å². The van der Waals surface area contributed by atoms with Crippen LogP contribution in [0.25, 0.3) is 0 Å².